The quantitative estimate of drug-likeness (QED) is 0.858. The van der Waals surface area contributed by atoms with Gasteiger partial charge in [0.05, 0.1) is 24.3 Å². The highest BCUT2D eigenvalue weighted by molar-refractivity contribution is 9.10. The van der Waals surface area contributed by atoms with Crippen LogP contribution in [0.5, 0.6) is 11.5 Å². The maximum absolute atomic E-state index is 5.44. The van der Waals surface area contributed by atoms with E-state index in [1.165, 1.54) is 0 Å². The van der Waals surface area contributed by atoms with Gasteiger partial charge in [-0.1, -0.05) is 13.0 Å². The van der Waals surface area contributed by atoms with Crippen molar-refractivity contribution >= 4 is 21.7 Å². The summed E-state index contributed by atoms with van der Waals surface area (Å²) in [4.78, 5) is 8.93. The molecule has 0 saturated carbocycles. The maximum Gasteiger partial charge on any atom is 0.171 e. The number of ether oxygens (including phenoxy) is 2. The fourth-order valence-electron chi connectivity index (χ4n) is 1.93. The van der Waals surface area contributed by atoms with E-state index in [0.717, 1.165) is 28.8 Å². The molecule has 0 unspecified atom stereocenters. The lowest BCUT2D eigenvalue weighted by Crippen LogP contribution is -2.05. The van der Waals surface area contributed by atoms with Crippen LogP contribution in [0.25, 0.3) is 11.4 Å². The smallest absolute Gasteiger partial charge is 0.171 e. The van der Waals surface area contributed by atoms with Gasteiger partial charge >= 0.3 is 0 Å². The number of para-hydroxylation sites is 1. The van der Waals surface area contributed by atoms with Crippen LogP contribution in [0, 0.1) is 0 Å². The first-order valence-corrected chi connectivity index (χ1v) is 7.48. The molecule has 21 heavy (non-hydrogen) atoms. The molecule has 0 spiro atoms. The summed E-state index contributed by atoms with van der Waals surface area (Å²) < 4.78 is 11.6. The van der Waals surface area contributed by atoms with E-state index < -0.39 is 0 Å². The predicted molar refractivity (Wildman–Crippen MR) is 87.1 cm³/mol. The molecule has 2 aromatic rings. The SMILES string of the molecule is CCCNc1nc(-c2cccc(OC)c2OC)ncc1Br. The van der Waals surface area contributed by atoms with Crippen LogP contribution < -0.4 is 14.8 Å². The van der Waals surface area contributed by atoms with Crippen LogP contribution >= 0.6 is 15.9 Å². The molecule has 0 atom stereocenters. The highest BCUT2D eigenvalue weighted by Crippen LogP contribution is 2.37. The van der Waals surface area contributed by atoms with Crippen molar-refractivity contribution in [3.63, 3.8) is 0 Å². The lowest BCUT2D eigenvalue weighted by atomic mass is 10.1. The van der Waals surface area contributed by atoms with E-state index in [0.29, 0.717) is 17.3 Å². The molecule has 0 aliphatic rings. The molecule has 0 aliphatic heterocycles. The number of halogens is 1. The molecular weight excluding hydrogens is 334 g/mol. The fraction of sp³-hybridized carbons (Fsp3) is 0.333. The normalized spacial score (nSPS) is 10.3. The summed E-state index contributed by atoms with van der Waals surface area (Å²) >= 11 is 3.45. The monoisotopic (exact) mass is 351 g/mol. The molecule has 0 bridgehead atoms. The van der Waals surface area contributed by atoms with Crippen molar-refractivity contribution in [1.29, 1.82) is 0 Å². The standard InChI is InChI=1S/C15H18BrN3O2/c1-4-8-17-15-11(16)9-18-14(19-15)10-6-5-7-12(20-2)13(10)21-3/h5-7,9H,4,8H2,1-3H3,(H,17,18,19). The predicted octanol–water partition coefficient (Wildman–Crippen LogP) is 3.75. The van der Waals surface area contributed by atoms with Gasteiger partial charge in [-0.05, 0) is 34.5 Å². The molecule has 0 saturated heterocycles. The first-order valence-electron chi connectivity index (χ1n) is 6.69. The van der Waals surface area contributed by atoms with Gasteiger partial charge in [0.25, 0.3) is 0 Å². The summed E-state index contributed by atoms with van der Waals surface area (Å²) in [6.07, 6.45) is 2.76. The van der Waals surface area contributed by atoms with Crippen molar-refractivity contribution < 1.29 is 9.47 Å². The van der Waals surface area contributed by atoms with E-state index >= 15 is 0 Å². The number of hydrogen-bond acceptors (Lipinski definition) is 5. The molecule has 1 aromatic heterocycles. The van der Waals surface area contributed by atoms with Gasteiger partial charge in [0.2, 0.25) is 0 Å². The molecule has 1 heterocycles. The summed E-state index contributed by atoms with van der Waals surface area (Å²) in [5.41, 5.74) is 0.795. The van der Waals surface area contributed by atoms with Gasteiger partial charge in [-0.3, -0.25) is 0 Å². The van der Waals surface area contributed by atoms with Gasteiger partial charge in [0.1, 0.15) is 5.82 Å². The van der Waals surface area contributed by atoms with Crippen LogP contribution in [-0.2, 0) is 0 Å². The summed E-state index contributed by atoms with van der Waals surface area (Å²) in [5.74, 6) is 2.65. The number of aromatic nitrogens is 2. The minimum absolute atomic E-state index is 0.590. The Hall–Kier alpha value is -1.82. The third-order valence-corrected chi connectivity index (χ3v) is 3.51. The van der Waals surface area contributed by atoms with E-state index in [4.69, 9.17) is 9.47 Å². The average molecular weight is 352 g/mol. The van der Waals surface area contributed by atoms with Crippen molar-refractivity contribution in [3.05, 3.63) is 28.9 Å². The highest BCUT2D eigenvalue weighted by Gasteiger charge is 2.15. The molecule has 0 amide bonds. The minimum atomic E-state index is 0.590. The average Bonchev–Trinajstić information content (AvgIpc) is 2.53. The third-order valence-electron chi connectivity index (χ3n) is 2.93. The van der Waals surface area contributed by atoms with Crippen molar-refractivity contribution in [2.24, 2.45) is 0 Å². The maximum atomic E-state index is 5.44. The number of methoxy groups -OCH3 is 2. The van der Waals surface area contributed by atoms with E-state index in [-0.39, 0.29) is 0 Å². The number of anilines is 1. The minimum Gasteiger partial charge on any atom is -0.493 e. The second-order valence-electron chi connectivity index (χ2n) is 4.36. The number of benzene rings is 1. The number of rotatable bonds is 6. The number of nitrogens with one attached hydrogen (secondary N) is 1. The Kier molecular flexibility index (Phi) is 5.38. The molecule has 5 nitrogen and oxygen atoms in total. The van der Waals surface area contributed by atoms with Crippen molar-refractivity contribution in [2.45, 2.75) is 13.3 Å². The van der Waals surface area contributed by atoms with Crippen LogP contribution in [-0.4, -0.2) is 30.7 Å². The summed E-state index contributed by atoms with van der Waals surface area (Å²) in [7, 11) is 3.22. The van der Waals surface area contributed by atoms with Gasteiger partial charge < -0.3 is 14.8 Å². The Morgan fingerprint density at radius 2 is 2.05 bits per heavy atom. The third kappa shape index (κ3) is 3.44. The van der Waals surface area contributed by atoms with Crippen molar-refractivity contribution in [3.8, 4) is 22.9 Å². The van der Waals surface area contributed by atoms with Crippen LogP contribution in [0.1, 0.15) is 13.3 Å². The van der Waals surface area contributed by atoms with Crippen LogP contribution in [0.15, 0.2) is 28.9 Å². The molecule has 0 aliphatic carbocycles. The van der Waals surface area contributed by atoms with Gasteiger partial charge in [0, 0.05) is 12.7 Å². The summed E-state index contributed by atoms with van der Waals surface area (Å²) in [5, 5.41) is 3.27. The first kappa shape index (κ1) is 15.6. The first-order chi connectivity index (χ1) is 10.2. The Morgan fingerprint density at radius 1 is 1.24 bits per heavy atom. The zero-order valence-corrected chi connectivity index (χ0v) is 13.9. The van der Waals surface area contributed by atoms with Gasteiger partial charge in [-0.15, -0.1) is 0 Å². The molecule has 6 heteroatoms. The van der Waals surface area contributed by atoms with Gasteiger partial charge in [-0.25, -0.2) is 9.97 Å². The van der Waals surface area contributed by atoms with Gasteiger partial charge in [0.15, 0.2) is 17.3 Å². The molecule has 1 aromatic carbocycles. The molecule has 0 radical (unpaired) electrons. The zero-order chi connectivity index (χ0) is 15.2. The Morgan fingerprint density at radius 3 is 2.71 bits per heavy atom. The number of hydrogen-bond donors (Lipinski definition) is 1. The second kappa shape index (κ2) is 7.26. The van der Waals surface area contributed by atoms with Crippen molar-refractivity contribution in [2.75, 3.05) is 26.1 Å². The Bertz CT molecular complexity index is 620. The van der Waals surface area contributed by atoms with Crippen LogP contribution in [0.2, 0.25) is 0 Å². The lowest BCUT2D eigenvalue weighted by molar-refractivity contribution is 0.356. The molecule has 2 rings (SSSR count). The zero-order valence-electron chi connectivity index (χ0n) is 12.3. The Labute approximate surface area is 132 Å². The van der Waals surface area contributed by atoms with Crippen LogP contribution in [0.4, 0.5) is 5.82 Å². The molecular formula is C15H18BrN3O2. The van der Waals surface area contributed by atoms with Gasteiger partial charge in [-0.2, -0.15) is 0 Å². The lowest BCUT2D eigenvalue weighted by Gasteiger charge is -2.13. The fourth-order valence-corrected chi connectivity index (χ4v) is 2.26. The van der Waals surface area contributed by atoms with E-state index in [1.54, 1.807) is 20.4 Å². The molecule has 1 N–H and O–H groups in total. The Balaban J connectivity index is 2.47. The topological polar surface area (TPSA) is 56.3 Å². The van der Waals surface area contributed by atoms with E-state index in [9.17, 15) is 0 Å². The van der Waals surface area contributed by atoms with Crippen molar-refractivity contribution in [1.82, 2.24) is 9.97 Å². The summed E-state index contributed by atoms with van der Waals surface area (Å²) in [6.45, 7) is 2.96. The number of nitrogens with zero attached hydrogens (tertiary/aromatic N) is 2. The second-order valence-corrected chi connectivity index (χ2v) is 5.21. The van der Waals surface area contributed by atoms with E-state index in [2.05, 4.69) is 38.1 Å². The molecule has 0 fully saturated rings. The molecule has 112 valence electrons. The summed E-state index contributed by atoms with van der Waals surface area (Å²) in [6, 6.07) is 5.65. The van der Waals surface area contributed by atoms with E-state index in [1.807, 2.05) is 18.2 Å². The highest BCUT2D eigenvalue weighted by atomic mass is 79.9. The largest absolute Gasteiger partial charge is 0.493 e. The van der Waals surface area contributed by atoms with Crippen LogP contribution in [0.3, 0.4) is 0 Å².